The van der Waals surface area contributed by atoms with Crippen molar-refractivity contribution in [3.05, 3.63) is 24.3 Å². The molecule has 3 aliphatic heterocycles. The maximum absolute atomic E-state index is 12.9. The van der Waals surface area contributed by atoms with Crippen LogP contribution in [0.15, 0.2) is 24.3 Å². The van der Waals surface area contributed by atoms with Gasteiger partial charge in [-0.1, -0.05) is 6.07 Å². The van der Waals surface area contributed by atoms with Crippen molar-refractivity contribution in [2.75, 3.05) is 65.4 Å². The number of fused-ring (bicyclic) bond motifs is 1. The fourth-order valence-corrected chi connectivity index (χ4v) is 5.57. The summed E-state index contributed by atoms with van der Waals surface area (Å²) in [6, 6.07) is 7.27. The Bertz CT molecular complexity index is 793. The largest absolute Gasteiger partial charge is 0.497 e. The number of carbonyl (C=O) groups excluding carboxylic acids is 2. The fourth-order valence-electron chi connectivity index (χ4n) is 5.57. The zero-order valence-corrected chi connectivity index (χ0v) is 17.9. The van der Waals surface area contributed by atoms with E-state index in [1.807, 2.05) is 29.2 Å². The molecule has 3 saturated heterocycles. The van der Waals surface area contributed by atoms with E-state index < -0.39 is 0 Å². The third-order valence-electron chi connectivity index (χ3n) is 7.25. The highest BCUT2D eigenvalue weighted by Crippen LogP contribution is 2.56. The zero-order chi connectivity index (χ0) is 21.2. The molecule has 0 radical (unpaired) electrons. The van der Waals surface area contributed by atoms with Crippen LogP contribution in [0.4, 0.5) is 10.5 Å². The van der Waals surface area contributed by atoms with Gasteiger partial charge in [0.25, 0.3) is 0 Å². The molecule has 164 valence electrons. The van der Waals surface area contributed by atoms with E-state index in [1.54, 1.807) is 14.2 Å². The number of benzene rings is 1. The van der Waals surface area contributed by atoms with Crippen LogP contribution in [0.3, 0.4) is 0 Å². The number of piperidine rings is 1. The second kappa shape index (κ2) is 8.43. The van der Waals surface area contributed by atoms with Gasteiger partial charge in [0.05, 0.1) is 19.1 Å². The first-order valence-corrected chi connectivity index (χ1v) is 10.7. The van der Waals surface area contributed by atoms with E-state index in [-0.39, 0.29) is 22.8 Å². The summed E-state index contributed by atoms with van der Waals surface area (Å²) in [6.07, 6.45) is 2.57. The SMILES string of the molecule is COCCN1CC2(CCN(C(=O)Nc3cccc(OC)c3)CC2)[C@@]2(CCNC2=O)C1. The molecule has 30 heavy (non-hydrogen) atoms. The lowest BCUT2D eigenvalue weighted by atomic mass is 9.60. The van der Waals surface area contributed by atoms with Gasteiger partial charge in [-0.05, 0) is 31.4 Å². The second-order valence-corrected chi connectivity index (χ2v) is 8.72. The van der Waals surface area contributed by atoms with Crippen molar-refractivity contribution in [3.63, 3.8) is 0 Å². The van der Waals surface area contributed by atoms with Crippen LogP contribution in [0, 0.1) is 10.8 Å². The highest BCUT2D eigenvalue weighted by Gasteiger charge is 2.63. The van der Waals surface area contributed by atoms with Gasteiger partial charge in [-0.2, -0.15) is 0 Å². The van der Waals surface area contributed by atoms with Crippen molar-refractivity contribution in [2.45, 2.75) is 19.3 Å². The summed E-state index contributed by atoms with van der Waals surface area (Å²) >= 11 is 0. The number of ether oxygens (including phenoxy) is 2. The van der Waals surface area contributed by atoms with Crippen LogP contribution >= 0.6 is 0 Å². The molecule has 0 saturated carbocycles. The van der Waals surface area contributed by atoms with E-state index in [2.05, 4.69) is 15.5 Å². The molecule has 1 aromatic rings. The summed E-state index contributed by atoms with van der Waals surface area (Å²) in [5.41, 5.74) is 0.308. The molecule has 3 aliphatic rings. The van der Waals surface area contributed by atoms with E-state index in [4.69, 9.17) is 9.47 Å². The lowest BCUT2D eigenvalue weighted by Gasteiger charge is -2.46. The Morgan fingerprint density at radius 1 is 1.20 bits per heavy atom. The Hall–Kier alpha value is -2.32. The average Bonchev–Trinajstić information content (AvgIpc) is 3.28. The molecule has 4 rings (SSSR count). The number of urea groups is 1. The van der Waals surface area contributed by atoms with Crippen LogP contribution in [0.1, 0.15) is 19.3 Å². The Morgan fingerprint density at radius 2 is 2.00 bits per heavy atom. The van der Waals surface area contributed by atoms with Gasteiger partial charge in [0.15, 0.2) is 0 Å². The zero-order valence-electron chi connectivity index (χ0n) is 17.9. The predicted octanol–water partition coefficient (Wildman–Crippen LogP) is 1.78. The first kappa shape index (κ1) is 20.9. The summed E-state index contributed by atoms with van der Waals surface area (Å²) in [6.45, 7) is 5.26. The summed E-state index contributed by atoms with van der Waals surface area (Å²) in [7, 11) is 3.32. The van der Waals surface area contributed by atoms with E-state index in [0.29, 0.717) is 25.4 Å². The number of carbonyl (C=O) groups is 2. The maximum atomic E-state index is 12.9. The van der Waals surface area contributed by atoms with Gasteiger partial charge in [0.1, 0.15) is 5.75 Å². The molecule has 0 bridgehead atoms. The van der Waals surface area contributed by atoms with Crippen molar-refractivity contribution in [3.8, 4) is 5.75 Å². The number of anilines is 1. The first-order chi connectivity index (χ1) is 14.5. The van der Waals surface area contributed by atoms with E-state index in [9.17, 15) is 9.59 Å². The van der Waals surface area contributed by atoms with Gasteiger partial charge in [0.2, 0.25) is 5.91 Å². The number of methoxy groups -OCH3 is 2. The Kier molecular flexibility index (Phi) is 5.88. The quantitative estimate of drug-likeness (QED) is 0.765. The molecule has 8 heteroatoms. The van der Waals surface area contributed by atoms with E-state index >= 15 is 0 Å². The minimum absolute atomic E-state index is 0.0753. The van der Waals surface area contributed by atoms with Crippen LogP contribution in [-0.4, -0.2) is 81.8 Å². The van der Waals surface area contributed by atoms with Gasteiger partial charge >= 0.3 is 6.03 Å². The minimum atomic E-state index is -0.337. The number of hydrogen-bond acceptors (Lipinski definition) is 5. The lowest BCUT2D eigenvalue weighted by Crippen LogP contribution is -2.53. The third kappa shape index (κ3) is 3.63. The summed E-state index contributed by atoms with van der Waals surface area (Å²) < 4.78 is 10.5. The summed E-state index contributed by atoms with van der Waals surface area (Å²) in [5, 5.41) is 6.05. The van der Waals surface area contributed by atoms with Gasteiger partial charge in [-0.25, -0.2) is 4.79 Å². The minimum Gasteiger partial charge on any atom is -0.497 e. The van der Waals surface area contributed by atoms with Gasteiger partial charge in [-0.15, -0.1) is 0 Å². The predicted molar refractivity (Wildman–Crippen MR) is 114 cm³/mol. The maximum Gasteiger partial charge on any atom is 0.321 e. The molecule has 1 aromatic carbocycles. The van der Waals surface area contributed by atoms with E-state index in [0.717, 1.165) is 51.1 Å². The molecule has 0 aliphatic carbocycles. The topological polar surface area (TPSA) is 83.1 Å². The van der Waals surface area contributed by atoms with Crippen LogP contribution in [0.25, 0.3) is 0 Å². The monoisotopic (exact) mass is 416 g/mol. The highest BCUT2D eigenvalue weighted by molar-refractivity contribution is 5.90. The van der Waals surface area contributed by atoms with E-state index in [1.165, 1.54) is 0 Å². The van der Waals surface area contributed by atoms with Crippen molar-refractivity contribution in [2.24, 2.45) is 10.8 Å². The first-order valence-electron chi connectivity index (χ1n) is 10.7. The van der Waals surface area contributed by atoms with Gasteiger partial charge < -0.3 is 25.0 Å². The molecule has 0 aromatic heterocycles. The number of likely N-dealkylation sites (tertiary alicyclic amines) is 2. The molecule has 3 amide bonds. The smallest absolute Gasteiger partial charge is 0.321 e. The molecule has 3 fully saturated rings. The standard InChI is InChI=1S/C22H32N4O4/c1-29-13-12-25-15-21(22(16-25)6-9-23-19(22)27)7-10-26(11-8-21)20(28)24-17-4-3-5-18(14-17)30-2/h3-5,14H,6-13,15-16H2,1-2H3,(H,23,27)(H,24,28)/t22-/m0/s1. The van der Waals surface area contributed by atoms with Crippen LogP contribution in [-0.2, 0) is 9.53 Å². The van der Waals surface area contributed by atoms with Gasteiger partial charge in [-0.3, -0.25) is 9.69 Å². The van der Waals surface area contributed by atoms with Crippen molar-refractivity contribution >= 4 is 17.6 Å². The second-order valence-electron chi connectivity index (χ2n) is 8.72. The van der Waals surface area contributed by atoms with Crippen molar-refractivity contribution in [1.82, 2.24) is 15.1 Å². The Morgan fingerprint density at radius 3 is 2.67 bits per heavy atom. The molecule has 2 spiro atoms. The molecule has 2 N–H and O–H groups in total. The number of nitrogens with one attached hydrogen (secondary N) is 2. The molecule has 8 nitrogen and oxygen atoms in total. The lowest BCUT2D eigenvalue weighted by molar-refractivity contribution is -0.133. The third-order valence-corrected chi connectivity index (χ3v) is 7.25. The summed E-state index contributed by atoms with van der Waals surface area (Å²) in [5.74, 6) is 0.901. The molecule has 0 unspecified atom stereocenters. The number of amides is 3. The van der Waals surface area contributed by atoms with Crippen molar-refractivity contribution in [1.29, 1.82) is 0 Å². The van der Waals surface area contributed by atoms with Crippen LogP contribution in [0.5, 0.6) is 5.75 Å². The molecule has 1 atom stereocenters. The fraction of sp³-hybridized carbons (Fsp3) is 0.636. The highest BCUT2D eigenvalue weighted by atomic mass is 16.5. The Labute approximate surface area is 177 Å². The Balaban J connectivity index is 1.43. The van der Waals surface area contributed by atoms with Crippen LogP contribution < -0.4 is 15.4 Å². The molecular weight excluding hydrogens is 384 g/mol. The summed E-state index contributed by atoms with van der Waals surface area (Å²) in [4.78, 5) is 30.0. The number of rotatable bonds is 5. The molecular formula is C22H32N4O4. The normalized spacial score (nSPS) is 25.7. The number of nitrogens with zero attached hydrogens (tertiary/aromatic N) is 2. The molecule has 3 heterocycles. The average molecular weight is 417 g/mol. The van der Waals surface area contributed by atoms with Crippen molar-refractivity contribution < 1.29 is 19.1 Å². The van der Waals surface area contributed by atoms with Gasteiger partial charge in [0, 0.05) is 63.5 Å². The number of hydrogen-bond donors (Lipinski definition) is 2. The van der Waals surface area contributed by atoms with Crippen LogP contribution in [0.2, 0.25) is 0 Å².